The van der Waals surface area contributed by atoms with E-state index in [0.29, 0.717) is 5.25 Å². The molecule has 3 nitrogen and oxygen atoms in total. The average molecular weight is 418 g/mol. The largest absolute Gasteiger partial charge is 0.484 e. The third-order valence-electron chi connectivity index (χ3n) is 5.55. The predicted molar refractivity (Wildman–Crippen MR) is 125 cm³/mol. The zero-order valence-corrected chi connectivity index (χ0v) is 18.1. The minimum absolute atomic E-state index is 0.0631. The Morgan fingerprint density at radius 2 is 1.63 bits per heavy atom. The molecule has 0 radical (unpaired) electrons. The van der Waals surface area contributed by atoms with Gasteiger partial charge in [-0.1, -0.05) is 66.7 Å². The first-order chi connectivity index (χ1) is 14.7. The van der Waals surface area contributed by atoms with E-state index in [1.807, 2.05) is 59.1 Å². The van der Waals surface area contributed by atoms with Crippen molar-refractivity contribution in [1.29, 1.82) is 0 Å². The Kier molecular flexibility index (Phi) is 6.75. The van der Waals surface area contributed by atoms with E-state index in [2.05, 4.69) is 43.3 Å². The first kappa shape index (κ1) is 20.5. The van der Waals surface area contributed by atoms with Crippen LogP contribution in [0.2, 0.25) is 0 Å². The number of carbonyl (C=O) groups is 1. The minimum atomic E-state index is 0.0631. The summed E-state index contributed by atoms with van der Waals surface area (Å²) in [5, 5.41) is 0.454. The lowest BCUT2D eigenvalue weighted by atomic mass is 10.0. The van der Waals surface area contributed by atoms with Crippen LogP contribution in [0, 0.1) is 6.92 Å². The van der Waals surface area contributed by atoms with Crippen LogP contribution in [0.15, 0.2) is 78.9 Å². The van der Waals surface area contributed by atoms with Crippen LogP contribution in [0.5, 0.6) is 5.75 Å². The third-order valence-corrected chi connectivity index (χ3v) is 6.86. The number of hydrogen-bond acceptors (Lipinski definition) is 3. The lowest BCUT2D eigenvalue weighted by Gasteiger charge is -2.21. The molecular weight excluding hydrogens is 390 g/mol. The van der Waals surface area contributed by atoms with E-state index in [1.54, 1.807) is 0 Å². The molecule has 1 amide bonds. The van der Waals surface area contributed by atoms with E-state index in [4.69, 9.17) is 4.74 Å². The summed E-state index contributed by atoms with van der Waals surface area (Å²) in [5.74, 6) is 1.74. The molecule has 0 bridgehead atoms. The molecule has 1 unspecified atom stereocenters. The molecule has 1 saturated heterocycles. The van der Waals surface area contributed by atoms with Crippen LogP contribution in [0.4, 0.5) is 0 Å². The molecule has 1 fully saturated rings. The third kappa shape index (κ3) is 5.06. The molecule has 4 rings (SSSR count). The fraction of sp³-hybridized carbons (Fsp3) is 0.269. The van der Waals surface area contributed by atoms with Crippen molar-refractivity contribution in [3.8, 4) is 16.9 Å². The molecule has 0 aliphatic carbocycles. The Morgan fingerprint density at radius 3 is 2.40 bits per heavy atom. The predicted octanol–water partition coefficient (Wildman–Crippen LogP) is 5.75. The van der Waals surface area contributed by atoms with Gasteiger partial charge in [0.25, 0.3) is 5.91 Å². The van der Waals surface area contributed by atoms with Crippen molar-refractivity contribution in [3.63, 3.8) is 0 Å². The summed E-state index contributed by atoms with van der Waals surface area (Å²) in [7, 11) is 0. The summed E-state index contributed by atoms with van der Waals surface area (Å²) in [6, 6.07) is 26.7. The first-order valence-corrected chi connectivity index (χ1v) is 11.5. The minimum Gasteiger partial charge on any atom is -0.484 e. The van der Waals surface area contributed by atoms with E-state index in [-0.39, 0.29) is 12.5 Å². The van der Waals surface area contributed by atoms with Gasteiger partial charge in [0.1, 0.15) is 5.75 Å². The van der Waals surface area contributed by atoms with Crippen molar-refractivity contribution in [1.82, 2.24) is 4.90 Å². The van der Waals surface area contributed by atoms with Crippen LogP contribution in [-0.4, -0.2) is 36.3 Å². The fourth-order valence-corrected chi connectivity index (χ4v) is 5.15. The topological polar surface area (TPSA) is 29.5 Å². The van der Waals surface area contributed by atoms with Crippen LogP contribution in [0.25, 0.3) is 11.1 Å². The molecule has 0 N–H and O–H groups in total. The molecule has 3 aromatic carbocycles. The zero-order valence-electron chi connectivity index (χ0n) is 17.3. The molecule has 4 heteroatoms. The molecule has 30 heavy (non-hydrogen) atoms. The van der Waals surface area contributed by atoms with E-state index >= 15 is 0 Å². The Balaban J connectivity index is 1.30. The van der Waals surface area contributed by atoms with Crippen molar-refractivity contribution in [2.24, 2.45) is 0 Å². The summed E-state index contributed by atoms with van der Waals surface area (Å²) in [6.45, 7) is 3.81. The number of thioether (sulfide) groups is 1. The maximum atomic E-state index is 12.7. The quantitative estimate of drug-likeness (QED) is 0.530. The van der Waals surface area contributed by atoms with Gasteiger partial charge in [-0.05, 0) is 47.7 Å². The second kappa shape index (κ2) is 9.86. The molecular formula is C26H27NO2S. The molecule has 1 aliphatic heterocycles. The van der Waals surface area contributed by atoms with Crippen LogP contribution in [0.3, 0.4) is 0 Å². The Hall–Kier alpha value is -2.72. The number of hydrogen-bond donors (Lipinski definition) is 0. The SMILES string of the molecule is Cc1ccccc1C1CCN(C(=O)COc2ccc(-c3ccccc3)cc2)CCS1. The van der Waals surface area contributed by atoms with Crippen molar-refractivity contribution in [2.45, 2.75) is 18.6 Å². The zero-order chi connectivity index (χ0) is 20.8. The number of nitrogens with zero attached hydrogens (tertiary/aromatic N) is 1. The molecule has 0 saturated carbocycles. The van der Waals surface area contributed by atoms with Crippen molar-refractivity contribution in [3.05, 3.63) is 90.0 Å². The highest BCUT2D eigenvalue weighted by molar-refractivity contribution is 7.99. The van der Waals surface area contributed by atoms with Gasteiger partial charge in [-0.2, -0.15) is 11.8 Å². The van der Waals surface area contributed by atoms with Crippen LogP contribution < -0.4 is 4.74 Å². The van der Waals surface area contributed by atoms with Gasteiger partial charge in [-0.25, -0.2) is 0 Å². The maximum absolute atomic E-state index is 12.7. The van der Waals surface area contributed by atoms with Gasteiger partial charge in [0.15, 0.2) is 6.61 Å². The highest BCUT2D eigenvalue weighted by Gasteiger charge is 2.23. The number of aryl methyl sites for hydroxylation is 1. The lowest BCUT2D eigenvalue weighted by Crippen LogP contribution is -2.36. The Labute approximate surface area is 183 Å². The van der Waals surface area contributed by atoms with Crippen LogP contribution in [-0.2, 0) is 4.79 Å². The van der Waals surface area contributed by atoms with Crippen LogP contribution in [0.1, 0.15) is 22.8 Å². The standard InChI is InChI=1S/C26H27NO2S/c1-20-7-5-6-10-24(20)25-15-16-27(17-18-30-25)26(28)19-29-23-13-11-22(12-14-23)21-8-3-2-4-9-21/h2-14,25H,15-19H2,1H3. The normalized spacial score (nSPS) is 16.7. The number of carbonyl (C=O) groups excluding carboxylic acids is 1. The molecule has 0 aromatic heterocycles. The van der Waals surface area contributed by atoms with Gasteiger partial charge in [0.2, 0.25) is 0 Å². The van der Waals surface area contributed by atoms with Gasteiger partial charge in [-0.3, -0.25) is 4.79 Å². The van der Waals surface area contributed by atoms with Gasteiger partial charge < -0.3 is 9.64 Å². The van der Waals surface area contributed by atoms with E-state index in [1.165, 1.54) is 16.7 Å². The molecule has 1 aliphatic rings. The molecule has 1 atom stereocenters. The smallest absolute Gasteiger partial charge is 0.260 e. The first-order valence-electron chi connectivity index (χ1n) is 10.4. The molecule has 3 aromatic rings. The summed E-state index contributed by atoms with van der Waals surface area (Å²) in [6.07, 6.45) is 0.979. The summed E-state index contributed by atoms with van der Waals surface area (Å²) in [4.78, 5) is 14.7. The summed E-state index contributed by atoms with van der Waals surface area (Å²) >= 11 is 1.95. The number of amides is 1. The second-order valence-electron chi connectivity index (χ2n) is 7.56. The second-order valence-corrected chi connectivity index (χ2v) is 8.88. The van der Waals surface area contributed by atoms with Gasteiger partial charge >= 0.3 is 0 Å². The lowest BCUT2D eigenvalue weighted by molar-refractivity contribution is -0.133. The molecule has 154 valence electrons. The highest BCUT2D eigenvalue weighted by Crippen LogP contribution is 2.36. The Bertz CT molecular complexity index is 972. The van der Waals surface area contributed by atoms with Gasteiger partial charge in [-0.15, -0.1) is 0 Å². The van der Waals surface area contributed by atoms with Crippen molar-refractivity contribution in [2.75, 3.05) is 25.4 Å². The summed E-state index contributed by atoms with van der Waals surface area (Å²) < 4.78 is 5.79. The molecule has 0 spiro atoms. The van der Waals surface area contributed by atoms with Crippen molar-refractivity contribution >= 4 is 17.7 Å². The highest BCUT2D eigenvalue weighted by atomic mass is 32.2. The van der Waals surface area contributed by atoms with E-state index < -0.39 is 0 Å². The number of ether oxygens (including phenoxy) is 1. The Morgan fingerprint density at radius 1 is 0.933 bits per heavy atom. The maximum Gasteiger partial charge on any atom is 0.260 e. The monoisotopic (exact) mass is 417 g/mol. The van der Waals surface area contributed by atoms with E-state index in [0.717, 1.165) is 36.6 Å². The summed E-state index contributed by atoms with van der Waals surface area (Å²) in [5.41, 5.74) is 5.04. The number of benzene rings is 3. The van der Waals surface area contributed by atoms with Crippen LogP contribution >= 0.6 is 11.8 Å². The fourth-order valence-electron chi connectivity index (χ4n) is 3.83. The van der Waals surface area contributed by atoms with Gasteiger partial charge in [0.05, 0.1) is 0 Å². The number of rotatable bonds is 5. The van der Waals surface area contributed by atoms with E-state index in [9.17, 15) is 4.79 Å². The van der Waals surface area contributed by atoms with Gasteiger partial charge in [0, 0.05) is 24.1 Å². The molecule has 1 heterocycles. The average Bonchev–Trinajstić information content (AvgIpc) is 3.05. The van der Waals surface area contributed by atoms with Crippen molar-refractivity contribution < 1.29 is 9.53 Å².